The Morgan fingerprint density at radius 3 is 2.73 bits per heavy atom. The highest BCUT2D eigenvalue weighted by atomic mass is 16.5. The third-order valence-electron chi connectivity index (χ3n) is 5.09. The number of aryl methyl sites for hydroxylation is 1. The van der Waals surface area contributed by atoms with Gasteiger partial charge in [-0.1, -0.05) is 0 Å². The molecule has 0 saturated carbocycles. The molecule has 8 nitrogen and oxygen atoms in total. The van der Waals surface area contributed by atoms with Crippen molar-refractivity contribution < 1.29 is 9.53 Å². The van der Waals surface area contributed by atoms with Crippen LogP contribution in [-0.2, 0) is 4.74 Å². The second kappa shape index (κ2) is 8.75. The molecule has 0 aliphatic carbocycles. The maximum Gasteiger partial charge on any atom is 0.254 e. The predicted octanol–water partition coefficient (Wildman–Crippen LogP) is -0.155. The van der Waals surface area contributed by atoms with E-state index in [2.05, 4.69) is 44.1 Å². The Bertz CT molecular complexity index is 618. The number of hydrogen-bond acceptors (Lipinski definition) is 7. The number of carbonyl (C=O) groups excluding carboxylic acids is 1. The van der Waals surface area contributed by atoms with Gasteiger partial charge in [-0.3, -0.25) is 4.79 Å². The van der Waals surface area contributed by atoms with Crippen LogP contribution < -0.4 is 10.2 Å². The van der Waals surface area contributed by atoms with E-state index in [0.29, 0.717) is 30.6 Å². The summed E-state index contributed by atoms with van der Waals surface area (Å²) in [5.74, 6) is 0.905. The summed E-state index contributed by atoms with van der Waals surface area (Å²) in [6, 6.07) is 0. The normalized spacial score (nSPS) is 22.9. The summed E-state index contributed by atoms with van der Waals surface area (Å²) < 4.78 is 5.60. The molecule has 0 radical (unpaired) electrons. The molecule has 2 aliphatic rings. The van der Waals surface area contributed by atoms with Gasteiger partial charge in [0.1, 0.15) is 0 Å². The van der Waals surface area contributed by atoms with E-state index < -0.39 is 0 Å². The first-order valence-electron chi connectivity index (χ1n) is 9.34. The Morgan fingerprint density at radius 2 is 2.00 bits per heavy atom. The molecular formula is C18H30N6O2. The van der Waals surface area contributed by atoms with Crippen molar-refractivity contribution in [3.8, 4) is 0 Å². The number of nitrogens with zero attached hydrogens (tertiary/aromatic N) is 5. The van der Waals surface area contributed by atoms with Gasteiger partial charge >= 0.3 is 0 Å². The lowest BCUT2D eigenvalue weighted by molar-refractivity contribution is 0.0920. The molecule has 8 heteroatoms. The van der Waals surface area contributed by atoms with Gasteiger partial charge in [0, 0.05) is 57.9 Å². The molecule has 2 aliphatic heterocycles. The summed E-state index contributed by atoms with van der Waals surface area (Å²) in [6.07, 6.45) is 1.65. The first kappa shape index (κ1) is 19.0. The summed E-state index contributed by atoms with van der Waals surface area (Å²) in [5, 5.41) is 3.02. The Balaban J connectivity index is 1.57. The topological polar surface area (TPSA) is 73.8 Å². The number of amides is 1. The molecule has 1 aromatic rings. The first-order chi connectivity index (χ1) is 12.5. The largest absolute Gasteiger partial charge is 0.380 e. The van der Waals surface area contributed by atoms with E-state index in [9.17, 15) is 4.79 Å². The van der Waals surface area contributed by atoms with E-state index in [1.807, 2.05) is 6.92 Å². The van der Waals surface area contributed by atoms with Crippen LogP contribution in [0, 0.1) is 12.8 Å². The van der Waals surface area contributed by atoms with Crippen molar-refractivity contribution in [3.63, 3.8) is 0 Å². The van der Waals surface area contributed by atoms with Crippen molar-refractivity contribution in [2.45, 2.75) is 6.92 Å². The van der Waals surface area contributed by atoms with E-state index in [4.69, 9.17) is 4.74 Å². The van der Waals surface area contributed by atoms with E-state index in [1.165, 1.54) is 0 Å². The lowest BCUT2D eigenvalue weighted by atomic mass is 10.1. The fourth-order valence-corrected chi connectivity index (χ4v) is 3.35. The van der Waals surface area contributed by atoms with Crippen LogP contribution in [0.1, 0.15) is 16.1 Å². The molecule has 3 heterocycles. The highest BCUT2D eigenvalue weighted by Gasteiger charge is 2.20. The van der Waals surface area contributed by atoms with Gasteiger partial charge < -0.3 is 24.8 Å². The molecule has 1 N–H and O–H groups in total. The number of ether oxygens (including phenoxy) is 1. The maximum atomic E-state index is 12.5. The molecule has 2 fully saturated rings. The number of nitrogens with one attached hydrogen (secondary N) is 1. The summed E-state index contributed by atoms with van der Waals surface area (Å²) in [4.78, 5) is 28.2. The minimum atomic E-state index is -0.112. The van der Waals surface area contributed by atoms with Crippen LogP contribution in [0.4, 0.5) is 5.95 Å². The van der Waals surface area contributed by atoms with Crippen molar-refractivity contribution in [1.29, 1.82) is 0 Å². The fraction of sp³-hybridized carbons (Fsp3) is 0.722. The maximum absolute atomic E-state index is 12.5. The monoisotopic (exact) mass is 362 g/mol. The average molecular weight is 362 g/mol. The van der Waals surface area contributed by atoms with Crippen LogP contribution in [0.15, 0.2) is 6.20 Å². The van der Waals surface area contributed by atoms with E-state index in [0.717, 1.165) is 51.6 Å². The Hall–Kier alpha value is -1.77. The number of aromatic nitrogens is 2. The van der Waals surface area contributed by atoms with E-state index >= 15 is 0 Å². The van der Waals surface area contributed by atoms with Crippen molar-refractivity contribution in [2.75, 3.05) is 78.0 Å². The summed E-state index contributed by atoms with van der Waals surface area (Å²) in [5.41, 5.74) is 1.27. The number of piperazine rings is 1. The fourth-order valence-electron chi connectivity index (χ4n) is 3.35. The minimum Gasteiger partial charge on any atom is -0.380 e. The third-order valence-corrected chi connectivity index (χ3v) is 5.09. The molecule has 1 amide bonds. The van der Waals surface area contributed by atoms with Gasteiger partial charge in [0.2, 0.25) is 5.95 Å². The number of rotatable bonds is 4. The Kier molecular flexibility index (Phi) is 6.39. The van der Waals surface area contributed by atoms with Crippen molar-refractivity contribution in [3.05, 3.63) is 17.5 Å². The quantitative estimate of drug-likeness (QED) is 0.798. The highest BCUT2D eigenvalue weighted by molar-refractivity contribution is 5.95. The lowest BCUT2D eigenvalue weighted by Gasteiger charge is -2.32. The first-order valence-corrected chi connectivity index (χ1v) is 9.34. The van der Waals surface area contributed by atoms with Gasteiger partial charge in [0.15, 0.2) is 0 Å². The van der Waals surface area contributed by atoms with Crippen LogP contribution >= 0.6 is 0 Å². The van der Waals surface area contributed by atoms with Crippen molar-refractivity contribution in [2.24, 2.45) is 5.92 Å². The molecular weight excluding hydrogens is 332 g/mol. The third kappa shape index (κ3) is 4.90. The molecule has 0 unspecified atom stereocenters. The number of carbonyl (C=O) groups is 1. The van der Waals surface area contributed by atoms with Gasteiger partial charge in [-0.15, -0.1) is 0 Å². The zero-order chi connectivity index (χ0) is 18.5. The predicted molar refractivity (Wildman–Crippen MR) is 101 cm³/mol. The molecule has 144 valence electrons. The van der Waals surface area contributed by atoms with Crippen molar-refractivity contribution in [1.82, 2.24) is 25.1 Å². The molecule has 0 aromatic carbocycles. The summed E-state index contributed by atoms with van der Waals surface area (Å²) in [6.45, 7) is 9.60. The van der Waals surface area contributed by atoms with Crippen LogP contribution in [0.2, 0.25) is 0 Å². The average Bonchev–Trinajstić information content (AvgIpc) is 2.84. The van der Waals surface area contributed by atoms with Crippen LogP contribution in [-0.4, -0.2) is 98.8 Å². The highest BCUT2D eigenvalue weighted by Crippen LogP contribution is 2.13. The van der Waals surface area contributed by atoms with Crippen LogP contribution in [0.3, 0.4) is 0 Å². The summed E-state index contributed by atoms with van der Waals surface area (Å²) >= 11 is 0. The van der Waals surface area contributed by atoms with Gasteiger partial charge in [-0.05, 0) is 21.0 Å². The second-order valence-electron chi connectivity index (χ2n) is 7.37. The number of hydrogen-bond donors (Lipinski definition) is 1. The standard InChI is InChI=1S/C18H30N6O2/c1-14-16(11-20-18(21-14)24-6-4-22(2)5-7-24)17(25)19-10-15-12-23(3)8-9-26-13-15/h11,15H,4-10,12-13H2,1-3H3,(H,19,25)/t15-/m1/s1. The number of anilines is 1. The van der Waals surface area contributed by atoms with Crippen LogP contribution in [0.5, 0.6) is 0 Å². The molecule has 0 spiro atoms. The molecule has 3 rings (SSSR count). The molecule has 26 heavy (non-hydrogen) atoms. The van der Waals surface area contributed by atoms with E-state index in [-0.39, 0.29) is 5.91 Å². The summed E-state index contributed by atoms with van der Waals surface area (Å²) in [7, 11) is 4.20. The lowest BCUT2D eigenvalue weighted by Crippen LogP contribution is -2.45. The number of likely N-dealkylation sites (N-methyl/N-ethyl adjacent to an activating group) is 2. The van der Waals surface area contributed by atoms with Gasteiger partial charge in [-0.25, -0.2) is 9.97 Å². The SMILES string of the molecule is Cc1nc(N2CCN(C)CC2)ncc1C(=O)NC[C@H]1COCCN(C)C1. The van der Waals surface area contributed by atoms with E-state index in [1.54, 1.807) is 6.20 Å². The zero-order valence-electron chi connectivity index (χ0n) is 16.1. The molecule has 2 saturated heterocycles. The molecule has 0 bridgehead atoms. The van der Waals surface area contributed by atoms with Gasteiger partial charge in [-0.2, -0.15) is 0 Å². The zero-order valence-corrected chi connectivity index (χ0v) is 16.1. The Labute approximate surface area is 155 Å². The van der Waals surface area contributed by atoms with Gasteiger partial charge in [0.05, 0.1) is 24.5 Å². The minimum absolute atomic E-state index is 0.112. The van der Waals surface area contributed by atoms with Crippen molar-refractivity contribution >= 4 is 11.9 Å². The van der Waals surface area contributed by atoms with Crippen LogP contribution in [0.25, 0.3) is 0 Å². The molecule has 1 aromatic heterocycles. The Morgan fingerprint density at radius 1 is 1.23 bits per heavy atom. The van der Waals surface area contributed by atoms with Gasteiger partial charge in [0.25, 0.3) is 5.91 Å². The molecule has 1 atom stereocenters. The smallest absolute Gasteiger partial charge is 0.254 e. The second-order valence-corrected chi connectivity index (χ2v) is 7.37.